The molecule has 1 aliphatic heterocycles. The van der Waals surface area contributed by atoms with Crippen molar-refractivity contribution in [2.75, 3.05) is 13.1 Å². The molecule has 18 heavy (non-hydrogen) atoms. The Morgan fingerprint density at radius 1 is 1.39 bits per heavy atom. The number of nitrogens with two attached hydrogens (primary N) is 1. The summed E-state index contributed by atoms with van der Waals surface area (Å²) in [6.45, 7) is 6.01. The van der Waals surface area contributed by atoms with Crippen LogP contribution in [0.5, 0.6) is 0 Å². The maximum absolute atomic E-state index is 13.9. The van der Waals surface area contributed by atoms with E-state index in [9.17, 15) is 8.78 Å². The average molecular weight is 254 g/mol. The summed E-state index contributed by atoms with van der Waals surface area (Å²) in [5, 5.41) is 0. The number of benzene rings is 1. The summed E-state index contributed by atoms with van der Waals surface area (Å²) in [4.78, 5) is 2.20. The molecule has 2 atom stereocenters. The van der Waals surface area contributed by atoms with Gasteiger partial charge in [0.1, 0.15) is 11.6 Å². The summed E-state index contributed by atoms with van der Waals surface area (Å²) in [5.74, 6) is -0.536. The van der Waals surface area contributed by atoms with Crippen molar-refractivity contribution in [1.29, 1.82) is 0 Å². The second-order valence-electron chi connectivity index (χ2n) is 5.45. The van der Waals surface area contributed by atoms with E-state index in [0.717, 1.165) is 25.6 Å². The summed E-state index contributed by atoms with van der Waals surface area (Å²) < 4.78 is 26.8. The molecule has 2 rings (SSSR count). The van der Waals surface area contributed by atoms with E-state index in [2.05, 4.69) is 18.7 Å². The molecule has 1 aliphatic rings. The third-order valence-electron chi connectivity index (χ3n) is 3.43. The van der Waals surface area contributed by atoms with Crippen LogP contribution in [0, 0.1) is 17.6 Å². The van der Waals surface area contributed by atoms with Crippen LogP contribution in [0.25, 0.3) is 0 Å². The number of nitrogens with zero attached hydrogens (tertiary/aromatic N) is 1. The zero-order valence-corrected chi connectivity index (χ0v) is 10.9. The first kappa shape index (κ1) is 13.4. The van der Waals surface area contributed by atoms with Crippen molar-refractivity contribution < 1.29 is 8.78 Å². The Bertz CT molecular complexity index is 420. The first-order valence-electron chi connectivity index (χ1n) is 6.43. The number of halogens is 2. The maximum atomic E-state index is 13.9. The zero-order chi connectivity index (χ0) is 13.3. The molecule has 1 aromatic carbocycles. The quantitative estimate of drug-likeness (QED) is 0.898. The van der Waals surface area contributed by atoms with Crippen molar-refractivity contribution in [3.8, 4) is 0 Å². The molecule has 4 heteroatoms. The molecule has 1 fully saturated rings. The zero-order valence-electron chi connectivity index (χ0n) is 10.9. The van der Waals surface area contributed by atoms with Crippen LogP contribution in [0.2, 0.25) is 0 Å². The van der Waals surface area contributed by atoms with Gasteiger partial charge in [0.05, 0.1) is 6.04 Å². The molecule has 0 aliphatic carbocycles. The van der Waals surface area contributed by atoms with E-state index in [4.69, 9.17) is 5.73 Å². The van der Waals surface area contributed by atoms with E-state index in [-0.39, 0.29) is 12.1 Å². The fourth-order valence-electron chi connectivity index (χ4n) is 2.73. The van der Waals surface area contributed by atoms with Crippen LogP contribution in [-0.2, 0) is 0 Å². The van der Waals surface area contributed by atoms with Crippen LogP contribution < -0.4 is 5.73 Å². The maximum Gasteiger partial charge on any atom is 0.130 e. The summed E-state index contributed by atoms with van der Waals surface area (Å²) in [6, 6.07) is 3.55. The minimum atomic E-state index is -0.543. The number of hydrogen-bond donors (Lipinski definition) is 1. The van der Waals surface area contributed by atoms with E-state index >= 15 is 0 Å². The molecular weight excluding hydrogens is 234 g/mol. The van der Waals surface area contributed by atoms with Gasteiger partial charge in [-0.15, -0.1) is 0 Å². The largest absolute Gasteiger partial charge is 0.326 e. The van der Waals surface area contributed by atoms with Gasteiger partial charge >= 0.3 is 0 Å². The van der Waals surface area contributed by atoms with Crippen molar-refractivity contribution in [3.05, 3.63) is 35.4 Å². The minimum absolute atomic E-state index is 0.0799. The Labute approximate surface area is 107 Å². The molecule has 2 N–H and O–H groups in total. The fraction of sp³-hybridized carbons (Fsp3) is 0.571. The van der Waals surface area contributed by atoms with Crippen LogP contribution in [0.3, 0.4) is 0 Å². The predicted octanol–water partition coefficient (Wildman–Crippen LogP) is 2.69. The first-order valence-corrected chi connectivity index (χ1v) is 6.43. The molecule has 0 saturated carbocycles. The van der Waals surface area contributed by atoms with Crippen molar-refractivity contribution in [2.45, 2.75) is 32.4 Å². The smallest absolute Gasteiger partial charge is 0.130 e. The number of rotatable bonds is 3. The lowest BCUT2D eigenvalue weighted by Gasteiger charge is -2.28. The second kappa shape index (κ2) is 5.33. The highest BCUT2D eigenvalue weighted by molar-refractivity contribution is 5.25. The summed E-state index contributed by atoms with van der Waals surface area (Å²) in [7, 11) is 0. The average Bonchev–Trinajstić information content (AvgIpc) is 2.60. The van der Waals surface area contributed by atoms with Gasteiger partial charge in [0.2, 0.25) is 0 Å². The fourth-order valence-corrected chi connectivity index (χ4v) is 2.73. The lowest BCUT2D eigenvalue weighted by molar-refractivity contribution is 0.217. The van der Waals surface area contributed by atoms with Gasteiger partial charge in [-0.1, -0.05) is 19.9 Å². The van der Waals surface area contributed by atoms with E-state index in [1.54, 1.807) is 0 Å². The van der Waals surface area contributed by atoms with Crippen molar-refractivity contribution >= 4 is 0 Å². The Morgan fingerprint density at radius 3 is 2.72 bits per heavy atom. The lowest BCUT2D eigenvalue weighted by atomic mass is 9.99. The van der Waals surface area contributed by atoms with Crippen molar-refractivity contribution in [3.63, 3.8) is 0 Å². The third kappa shape index (κ3) is 2.70. The van der Waals surface area contributed by atoms with Crippen LogP contribution >= 0.6 is 0 Å². The van der Waals surface area contributed by atoms with E-state index in [1.165, 1.54) is 12.1 Å². The van der Waals surface area contributed by atoms with Gasteiger partial charge in [0.15, 0.2) is 0 Å². The van der Waals surface area contributed by atoms with Crippen LogP contribution in [0.4, 0.5) is 8.78 Å². The van der Waals surface area contributed by atoms with Gasteiger partial charge in [-0.3, -0.25) is 4.90 Å². The van der Waals surface area contributed by atoms with E-state index in [1.807, 2.05) is 0 Å². The number of hydrogen-bond acceptors (Lipinski definition) is 2. The first-order chi connectivity index (χ1) is 8.49. The highest BCUT2D eigenvalue weighted by Crippen LogP contribution is 2.33. The monoisotopic (exact) mass is 254 g/mol. The van der Waals surface area contributed by atoms with E-state index in [0.29, 0.717) is 11.5 Å². The molecule has 0 aromatic heterocycles. The molecule has 0 spiro atoms. The van der Waals surface area contributed by atoms with Crippen LogP contribution in [-0.4, -0.2) is 24.0 Å². The molecule has 100 valence electrons. The summed E-state index contributed by atoms with van der Waals surface area (Å²) >= 11 is 0. The second-order valence-corrected chi connectivity index (χ2v) is 5.45. The number of likely N-dealkylation sites (tertiary alicyclic amines) is 1. The van der Waals surface area contributed by atoms with Gasteiger partial charge in [-0.25, -0.2) is 8.78 Å². The molecule has 1 heterocycles. The van der Waals surface area contributed by atoms with Crippen LogP contribution in [0.15, 0.2) is 18.2 Å². The minimum Gasteiger partial charge on any atom is -0.326 e. The third-order valence-corrected chi connectivity index (χ3v) is 3.43. The van der Waals surface area contributed by atoms with Gasteiger partial charge in [-0.2, -0.15) is 0 Å². The van der Waals surface area contributed by atoms with Gasteiger partial charge < -0.3 is 5.73 Å². The summed E-state index contributed by atoms with van der Waals surface area (Å²) in [5.41, 5.74) is 6.60. The van der Waals surface area contributed by atoms with Crippen molar-refractivity contribution in [1.82, 2.24) is 4.90 Å². The standard InChI is InChI=1S/C14H20F2N2/c1-9(2)8-18-6-5-13(17)14(18)11-4-3-10(15)7-12(11)16/h3-4,7,9,13-14H,5-6,8,17H2,1-2H3. The van der Waals surface area contributed by atoms with E-state index < -0.39 is 11.6 Å². The van der Waals surface area contributed by atoms with Gasteiger partial charge in [0.25, 0.3) is 0 Å². The molecule has 1 saturated heterocycles. The van der Waals surface area contributed by atoms with Crippen molar-refractivity contribution in [2.24, 2.45) is 11.7 Å². The Morgan fingerprint density at radius 2 is 2.11 bits per heavy atom. The molecule has 2 unspecified atom stereocenters. The van der Waals surface area contributed by atoms with Crippen LogP contribution in [0.1, 0.15) is 31.9 Å². The molecule has 0 bridgehead atoms. The highest BCUT2D eigenvalue weighted by atomic mass is 19.1. The SMILES string of the molecule is CC(C)CN1CCC(N)C1c1ccc(F)cc1F. The highest BCUT2D eigenvalue weighted by Gasteiger charge is 2.34. The normalized spacial score (nSPS) is 25.0. The molecular formula is C14H20F2N2. The van der Waals surface area contributed by atoms with Gasteiger partial charge in [-0.05, 0) is 18.4 Å². The molecule has 0 radical (unpaired) electrons. The Hall–Kier alpha value is -1.00. The Balaban J connectivity index is 2.27. The Kier molecular flexibility index (Phi) is 3.97. The topological polar surface area (TPSA) is 29.3 Å². The molecule has 2 nitrogen and oxygen atoms in total. The van der Waals surface area contributed by atoms with Gasteiger partial charge in [0, 0.05) is 30.8 Å². The predicted molar refractivity (Wildman–Crippen MR) is 68.1 cm³/mol. The molecule has 0 amide bonds. The molecule has 1 aromatic rings. The summed E-state index contributed by atoms with van der Waals surface area (Å²) in [6.07, 6.45) is 0.855. The lowest BCUT2D eigenvalue weighted by Crippen LogP contribution is -2.34.